The van der Waals surface area contributed by atoms with E-state index in [2.05, 4.69) is 9.80 Å². The predicted octanol–water partition coefficient (Wildman–Crippen LogP) is 2.81. The third kappa shape index (κ3) is 3.86. The third-order valence-electron chi connectivity index (χ3n) is 5.09. The van der Waals surface area contributed by atoms with Gasteiger partial charge < -0.3 is 10.0 Å². The molecule has 22 heavy (non-hydrogen) atoms. The van der Waals surface area contributed by atoms with E-state index < -0.39 is 6.10 Å². The Bertz CT molecular complexity index is 476. The van der Waals surface area contributed by atoms with Gasteiger partial charge in [0.1, 0.15) is 5.82 Å². The Kier molecular flexibility index (Phi) is 5.45. The zero-order valence-electron chi connectivity index (χ0n) is 13.3. The van der Waals surface area contributed by atoms with Crippen molar-refractivity contribution in [3.05, 3.63) is 35.6 Å². The van der Waals surface area contributed by atoms with Crippen LogP contribution in [0.5, 0.6) is 0 Å². The largest absolute Gasteiger partial charge is 0.387 e. The minimum absolute atomic E-state index is 0.304. The van der Waals surface area contributed by atoms with Gasteiger partial charge in [-0.1, -0.05) is 24.6 Å². The highest BCUT2D eigenvalue weighted by molar-refractivity contribution is 5.20. The van der Waals surface area contributed by atoms with E-state index >= 15 is 0 Å². The summed E-state index contributed by atoms with van der Waals surface area (Å²) >= 11 is 0. The molecule has 2 aliphatic rings. The molecular formula is C18H27FN2O. The Labute approximate surface area is 132 Å². The quantitative estimate of drug-likeness (QED) is 0.906. The van der Waals surface area contributed by atoms with Crippen molar-refractivity contribution in [3.63, 3.8) is 0 Å². The molecule has 0 saturated carbocycles. The van der Waals surface area contributed by atoms with Crippen LogP contribution >= 0.6 is 0 Å². The molecule has 0 radical (unpaired) electrons. The molecule has 0 aliphatic carbocycles. The Morgan fingerprint density at radius 1 is 1.09 bits per heavy atom. The molecule has 0 bridgehead atoms. The average Bonchev–Trinajstić information content (AvgIpc) is 2.95. The van der Waals surface area contributed by atoms with Gasteiger partial charge in [-0.2, -0.15) is 0 Å². The van der Waals surface area contributed by atoms with Gasteiger partial charge in [0, 0.05) is 24.7 Å². The fraction of sp³-hybridized carbons (Fsp3) is 0.667. The summed E-state index contributed by atoms with van der Waals surface area (Å²) in [6.07, 6.45) is 5.62. The molecule has 2 atom stereocenters. The molecular weight excluding hydrogens is 279 g/mol. The first-order valence-corrected chi connectivity index (χ1v) is 8.63. The van der Waals surface area contributed by atoms with E-state index in [9.17, 15) is 9.50 Å². The number of hydrogen-bond donors (Lipinski definition) is 1. The monoisotopic (exact) mass is 306 g/mol. The number of β-amino-alcohol motifs (C(OH)–C–C–N with tert-alkyl or cyclic N) is 1. The highest BCUT2D eigenvalue weighted by atomic mass is 19.1. The summed E-state index contributed by atoms with van der Waals surface area (Å²) in [5.74, 6) is -0.304. The van der Waals surface area contributed by atoms with Crippen LogP contribution in [0.4, 0.5) is 4.39 Å². The Hall–Kier alpha value is -0.970. The summed E-state index contributed by atoms with van der Waals surface area (Å²) in [5.41, 5.74) is 0.422. The molecule has 3 nitrogen and oxygen atoms in total. The molecule has 1 aromatic rings. The molecule has 2 aliphatic heterocycles. The van der Waals surface area contributed by atoms with Crippen molar-refractivity contribution < 1.29 is 9.50 Å². The summed E-state index contributed by atoms with van der Waals surface area (Å²) in [7, 11) is 0. The van der Waals surface area contributed by atoms with E-state index in [0.717, 1.165) is 13.1 Å². The highest BCUT2D eigenvalue weighted by Crippen LogP contribution is 2.24. The first-order chi connectivity index (χ1) is 10.7. The minimum atomic E-state index is -0.733. The van der Waals surface area contributed by atoms with E-state index in [1.165, 1.54) is 51.3 Å². The molecule has 3 rings (SSSR count). The van der Waals surface area contributed by atoms with Gasteiger partial charge in [0.2, 0.25) is 0 Å². The van der Waals surface area contributed by atoms with Crippen LogP contribution in [0.3, 0.4) is 0 Å². The van der Waals surface area contributed by atoms with E-state index in [4.69, 9.17) is 0 Å². The molecule has 0 amide bonds. The Balaban J connectivity index is 1.57. The van der Waals surface area contributed by atoms with Crippen LogP contribution in [0.1, 0.15) is 43.8 Å². The first kappa shape index (κ1) is 15.9. The maximum absolute atomic E-state index is 13.8. The van der Waals surface area contributed by atoms with Gasteiger partial charge in [-0.15, -0.1) is 0 Å². The second-order valence-corrected chi connectivity index (χ2v) is 6.69. The fourth-order valence-electron chi connectivity index (χ4n) is 3.85. The molecule has 2 heterocycles. The number of rotatable bonds is 5. The summed E-state index contributed by atoms with van der Waals surface area (Å²) < 4.78 is 13.8. The van der Waals surface area contributed by atoms with Crippen LogP contribution < -0.4 is 0 Å². The average molecular weight is 306 g/mol. The standard InChI is InChI=1S/C18H27FN2O/c19-17-9-3-2-8-16(17)18(22)14-21-12-6-7-15(21)13-20-10-4-1-5-11-20/h2-3,8-9,15,18,22H,1,4-7,10-14H2. The molecule has 122 valence electrons. The topological polar surface area (TPSA) is 26.7 Å². The minimum Gasteiger partial charge on any atom is -0.387 e. The molecule has 1 N–H and O–H groups in total. The number of piperidine rings is 1. The smallest absolute Gasteiger partial charge is 0.129 e. The van der Waals surface area contributed by atoms with Crippen LogP contribution in [0.15, 0.2) is 24.3 Å². The zero-order chi connectivity index (χ0) is 15.4. The second kappa shape index (κ2) is 7.53. The number of likely N-dealkylation sites (tertiary alicyclic amines) is 2. The summed E-state index contributed by atoms with van der Waals surface area (Å²) in [6, 6.07) is 7.08. The van der Waals surface area contributed by atoms with Crippen LogP contribution in [0.25, 0.3) is 0 Å². The van der Waals surface area contributed by atoms with Gasteiger partial charge in [-0.3, -0.25) is 4.90 Å². The molecule has 0 aromatic heterocycles. The van der Waals surface area contributed by atoms with Crippen molar-refractivity contribution >= 4 is 0 Å². The van der Waals surface area contributed by atoms with Crippen molar-refractivity contribution in [3.8, 4) is 0 Å². The third-order valence-corrected chi connectivity index (χ3v) is 5.09. The van der Waals surface area contributed by atoms with Crippen molar-refractivity contribution in [2.75, 3.05) is 32.7 Å². The molecule has 1 aromatic carbocycles. The SMILES string of the molecule is OC(CN1CCCC1CN1CCCCC1)c1ccccc1F. The molecule has 2 unspecified atom stereocenters. The normalized spacial score (nSPS) is 25.5. The van der Waals surface area contributed by atoms with Crippen LogP contribution in [-0.4, -0.2) is 53.7 Å². The van der Waals surface area contributed by atoms with Crippen molar-refractivity contribution in [2.45, 2.75) is 44.2 Å². The number of aliphatic hydroxyl groups excluding tert-OH is 1. The van der Waals surface area contributed by atoms with E-state index in [0.29, 0.717) is 18.2 Å². The predicted molar refractivity (Wildman–Crippen MR) is 86.2 cm³/mol. The van der Waals surface area contributed by atoms with E-state index in [1.54, 1.807) is 18.2 Å². The molecule has 2 fully saturated rings. The van der Waals surface area contributed by atoms with Gasteiger partial charge in [0.25, 0.3) is 0 Å². The summed E-state index contributed by atoms with van der Waals surface area (Å²) in [6.45, 7) is 5.08. The second-order valence-electron chi connectivity index (χ2n) is 6.69. The number of hydrogen-bond acceptors (Lipinski definition) is 3. The van der Waals surface area contributed by atoms with Crippen LogP contribution in [-0.2, 0) is 0 Å². The molecule has 4 heteroatoms. The summed E-state index contributed by atoms with van der Waals surface area (Å²) in [5, 5.41) is 10.4. The molecule has 0 spiro atoms. The number of aliphatic hydroxyl groups is 1. The number of halogens is 1. The van der Waals surface area contributed by atoms with Gasteiger partial charge in [-0.05, 0) is 51.4 Å². The maximum Gasteiger partial charge on any atom is 0.129 e. The zero-order valence-corrected chi connectivity index (χ0v) is 13.3. The maximum atomic E-state index is 13.8. The Morgan fingerprint density at radius 3 is 2.64 bits per heavy atom. The van der Waals surface area contributed by atoms with Crippen LogP contribution in [0.2, 0.25) is 0 Å². The van der Waals surface area contributed by atoms with Gasteiger partial charge >= 0.3 is 0 Å². The Morgan fingerprint density at radius 2 is 1.86 bits per heavy atom. The number of nitrogens with zero attached hydrogens (tertiary/aromatic N) is 2. The van der Waals surface area contributed by atoms with Crippen molar-refractivity contribution in [1.29, 1.82) is 0 Å². The number of benzene rings is 1. The van der Waals surface area contributed by atoms with Gasteiger partial charge in [0.05, 0.1) is 6.10 Å². The lowest BCUT2D eigenvalue weighted by molar-refractivity contribution is 0.0857. The lowest BCUT2D eigenvalue weighted by Gasteiger charge is -2.33. The lowest BCUT2D eigenvalue weighted by atomic mass is 10.1. The first-order valence-electron chi connectivity index (χ1n) is 8.63. The lowest BCUT2D eigenvalue weighted by Crippen LogP contribution is -2.43. The van der Waals surface area contributed by atoms with E-state index in [-0.39, 0.29) is 5.82 Å². The van der Waals surface area contributed by atoms with Gasteiger partial charge in [-0.25, -0.2) is 4.39 Å². The van der Waals surface area contributed by atoms with Gasteiger partial charge in [0.15, 0.2) is 0 Å². The fourth-order valence-corrected chi connectivity index (χ4v) is 3.85. The van der Waals surface area contributed by atoms with Crippen LogP contribution in [0, 0.1) is 5.82 Å². The van der Waals surface area contributed by atoms with Crippen molar-refractivity contribution in [1.82, 2.24) is 9.80 Å². The van der Waals surface area contributed by atoms with Crippen molar-refractivity contribution in [2.24, 2.45) is 0 Å². The van der Waals surface area contributed by atoms with E-state index in [1.807, 2.05) is 0 Å². The molecule has 2 saturated heterocycles. The highest BCUT2D eigenvalue weighted by Gasteiger charge is 2.29. The summed E-state index contributed by atoms with van der Waals surface area (Å²) in [4.78, 5) is 4.91.